The van der Waals surface area contributed by atoms with Crippen molar-refractivity contribution < 1.29 is 9.53 Å². The van der Waals surface area contributed by atoms with Crippen LogP contribution in [0, 0.1) is 0 Å². The number of nitrogens with two attached hydrogens (primary N) is 1. The number of carbonyl (C=O) groups is 1. The third kappa shape index (κ3) is 2.47. The molecule has 1 amide bonds. The van der Waals surface area contributed by atoms with Crippen LogP contribution in [0.25, 0.3) is 0 Å². The number of morpholine rings is 1. The van der Waals surface area contributed by atoms with Gasteiger partial charge in [0.25, 0.3) is 5.91 Å². The summed E-state index contributed by atoms with van der Waals surface area (Å²) in [5, 5.41) is 0.350. The number of hydrogen-bond donors (Lipinski definition) is 1. The van der Waals surface area contributed by atoms with Crippen molar-refractivity contribution in [2.45, 2.75) is 37.8 Å². The molecule has 1 aromatic rings. The van der Waals surface area contributed by atoms with Crippen LogP contribution in [0.3, 0.4) is 0 Å². The molecule has 3 rings (SSSR count). The van der Waals surface area contributed by atoms with Crippen LogP contribution >= 0.6 is 11.6 Å². The molecule has 2 aliphatic rings. The Morgan fingerprint density at radius 3 is 3.10 bits per heavy atom. The first-order valence-electron chi connectivity index (χ1n) is 7.00. The molecule has 0 aromatic carbocycles. The fraction of sp³-hybridized carbons (Fsp3) is 0.571. The molecular weight excluding hydrogens is 278 g/mol. The van der Waals surface area contributed by atoms with Gasteiger partial charge in [0.15, 0.2) is 0 Å². The van der Waals surface area contributed by atoms with Crippen molar-refractivity contribution in [3.63, 3.8) is 0 Å². The molecule has 2 N–H and O–H groups in total. The van der Waals surface area contributed by atoms with Gasteiger partial charge in [0.1, 0.15) is 5.82 Å². The molecule has 108 valence electrons. The third-order valence-electron chi connectivity index (χ3n) is 4.10. The average molecular weight is 296 g/mol. The van der Waals surface area contributed by atoms with Crippen LogP contribution in [-0.2, 0) is 4.74 Å². The zero-order valence-electron chi connectivity index (χ0n) is 11.2. The quantitative estimate of drug-likeness (QED) is 0.861. The van der Waals surface area contributed by atoms with Gasteiger partial charge in [-0.1, -0.05) is 24.4 Å². The van der Waals surface area contributed by atoms with E-state index in [1.807, 2.05) is 4.90 Å². The highest BCUT2D eigenvalue weighted by atomic mass is 35.5. The van der Waals surface area contributed by atoms with Gasteiger partial charge in [0, 0.05) is 12.7 Å². The third-order valence-corrected chi connectivity index (χ3v) is 4.40. The summed E-state index contributed by atoms with van der Waals surface area (Å²) in [6.07, 6.45) is 5.93. The smallest absolute Gasteiger partial charge is 0.255 e. The van der Waals surface area contributed by atoms with Crippen molar-refractivity contribution in [1.29, 1.82) is 0 Å². The molecule has 1 saturated carbocycles. The largest absolute Gasteiger partial charge is 0.384 e. The lowest BCUT2D eigenvalue weighted by Gasteiger charge is -2.43. The summed E-state index contributed by atoms with van der Waals surface area (Å²) in [4.78, 5) is 18.5. The van der Waals surface area contributed by atoms with Gasteiger partial charge < -0.3 is 15.4 Å². The van der Waals surface area contributed by atoms with E-state index < -0.39 is 0 Å². The fourth-order valence-electron chi connectivity index (χ4n) is 3.12. The number of amides is 1. The first-order valence-corrected chi connectivity index (χ1v) is 7.38. The molecule has 1 aliphatic heterocycles. The van der Waals surface area contributed by atoms with Crippen LogP contribution in [0.15, 0.2) is 12.3 Å². The lowest BCUT2D eigenvalue weighted by atomic mass is 9.90. The minimum atomic E-state index is -0.0655. The van der Waals surface area contributed by atoms with Gasteiger partial charge in [-0.2, -0.15) is 0 Å². The number of ether oxygens (including phenoxy) is 1. The number of fused-ring (bicyclic) bond motifs is 1. The Labute approximate surface area is 123 Å². The van der Waals surface area contributed by atoms with Crippen molar-refractivity contribution >= 4 is 23.3 Å². The Morgan fingerprint density at radius 1 is 1.45 bits per heavy atom. The molecule has 2 atom stereocenters. The summed E-state index contributed by atoms with van der Waals surface area (Å²) in [6.45, 7) is 1.20. The topological polar surface area (TPSA) is 68.5 Å². The Bertz CT molecular complexity index is 521. The summed E-state index contributed by atoms with van der Waals surface area (Å²) in [7, 11) is 0. The van der Waals surface area contributed by atoms with Crippen molar-refractivity contribution in [2.24, 2.45) is 0 Å². The van der Waals surface area contributed by atoms with Gasteiger partial charge in [-0.15, -0.1) is 0 Å². The zero-order chi connectivity index (χ0) is 14.1. The standard InChI is InChI=1S/C14H18ClN3O2/c15-10-8-17-13(16)7-9(10)14(19)18-5-6-20-12-4-2-1-3-11(12)18/h7-8,11-12H,1-6H2,(H2,16,17). The number of carbonyl (C=O) groups excluding carboxylic acids is 1. The maximum Gasteiger partial charge on any atom is 0.255 e. The molecule has 1 aliphatic carbocycles. The molecule has 0 radical (unpaired) electrons. The number of hydrogen-bond acceptors (Lipinski definition) is 4. The normalized spacial score (nSPS) is 26.1. The molecule has 1 saturated heterocycles. The van der Waals surface area contributed by atoms with Gasteiger partial charge in [-0.3, -0.25) is 4.79 Å². The summed E-state index contributed by atoms with van der Waals surface area (Å²) in [5.74, 6) is 0.246. The Kier molecular flexibility index (Phi) is 3.81. The monoisotopic (exact) mass is 295 g/mol. The minimum Gasteiger partial charge on any atom is -0.384 e. The average Bonchev–Trinajstić information content (AvgIpc) is 2.48. The van der Waals surface area contributed by atoms with Crippen molar-refractivity contribution in [3.8, 4) is 0 Å². The molecule has 5 nitrogen and oxygen atoms in total. The summed E-state index contributed by atoms with van der Waals surface area (Å²) in [6, 6.07) is 1.72. The molecule has 0 bridgehead atoms. The second-order valence-corrected chi connectivity index (χ2v) is 5.76. The molecule has 2 heterocycles. The first kappa shape index (κ1) is 13.6. The Balaban J connectivity index is 1.87. The SMILES string of the molecule is Nc1cc(C(=O)N2CCOC3CCCCC32)c(Cl)cn1. The van der Waals surface area contributed by atoms with E-state index >= 15 is 0 Å². The first-order chi connectivity index (χ1) is 9.66. The van der Waals surface area contributed by atoms with E-state index in [0.717, 1.165) is 19.3 Å². The predicted molar refractivity (Wildman–Crippen MR) is 76.7 cm³/mol. The van der Waals surface area contributed by atoms with E-state index in [1.54, 1.807) is 6.07 Å². The van der Waals surface area contributed by atoms with Crippen molar-refractivity contribution in [2.75, 3.05) is 18.9 Å². The van der Waals surface area contributed by atoms with E-state index in [9.17, 15) is 4.79 Å². The number of pyridine rings is 1. The minimum absolute atomic E-state index is 0.0655. The number of aromatic nitrogens is 1. The number of rotatable bonds is 1. The number of nitrogen functional groups attached to an aromatic ring is 1. The van der Waals surface area contributed by atoms with Gasteiger partial charge in [-0.05, 0) is 18.9 Å². The van der Waals surface area contributed by atoms with Crippen LogP contribution in [0.2, 0.25) is 5.02 Å². The molecule has 20 heavy (non-hydrogen) atoms. The highest BCUT2D eigenvalue weighted by Crippen LogP contribution is 2.30. The van der Waals surface area contributed by atoms with Crippen LogP contribution in [0.1, 0.15) is 36.0 Å². The van der Waals surface area contributed by atoms with Gasteiger partial charge in [0.2, 0.25) is 0 Å². The zero-order valence-corrected chi connectivity index (χ0v) is 12.0. The Morgan fingerprint density at radius 2 is 2.25 bits per heavy atom. The van der Waals surface area contributed by atoms with E-state index in [4.69, 9.17) is 22.1 Å². The summed E-state index contributed by atoms with van der Waals surface area (Å²) < 4.78 is 5.79. The Hall–Kier alpha value is -1.33. The van der Waals surface area contributed by atoms with Crippen molar-refractivity contribution in [3.05, 3.63) is 22.8 Å². The molecule has 2 unspecified atom stereocenters. The van der Waals surface area contributed by atoms with Crippen LogP contribution in [0.5, 0.6) is 0 Å². The lowest BCUT2D eigenvalue weighted by Crippen LogP contribution is -2.54. The molecule has 6 heteroatoms. The number of nitrogens with zero attached hydrogens (tertiary/aromatic N) is 2. The van der Waals surface area contributed by atoms with E-state index in [1.165, 1.54) is 12.6 Å². The maximum absolute atomic E-state index is 12.7. The molecule has 0 spiro atoms. The van der Waals surface area contributed by atoms with Crippen molar-refractivity contribution in [1.82, 2.24) is 9.88 Å². The lowest BCUT2D eigenvalue weighted by molar-refractivity contribution is -0.0752. The summed E-state index contributed by atoms with van der Waals surface area (Å²) >= 11 is 6.09. The molecular formula is C14H18ClN3O2. The van der Waals surface area contributed by atoms with E-state index in [0.29, 0.717) is 29.6 Å². The summed E-state index contributed by atoms with van der Waals surface area (Å²) in [5.41, 5.74) is 6.10. The van der Waals surface area contributed by atoms with Gasteiger partial charge in [0.05, 0.1) is 29.3 Å². The second-order valence-electron chi connectivity index (χ2n) is 5.35. The fourth-order valence-corrected chi connectivity index (χ4v) is 3.31. The molecule has 1 aromatic heterocycles. The van der Waals surface area contributed by atoms with Crippen LogP contribution in [0.4, 0.5) is 5.82 Å². The van der Waals surface area contributed by atoms with E-state index in [-0.39, 0.29) is 18.1 Å². The molecule has 2 fully saturated rings. The maximum atomic E-state index is 12.7. The second kappa shape index (κ2) is 5.58. The van der Waals surface area contributed by atoms with Gasteiger partial charge >= 0.3 is 0 Å². The van der Waals surface area contributed by atoms with E-state index in [2.05, 4.69) is 4.98 Å². The predicted octanol–water partition coefficient (Wildman–Crippen LogP) is 2.10. The van der Waals surface area contributed by atoms with Gasteiger partial charge in [-0.25, -0.2) is 4.98 Å². The highest BCUT2D eigenvalue weighted by molar-refractivity contribution is 6.33. The number of halogens is 1. The van der Waals surface area contributed by atoms with Crippen LogP contribution < -0.4 is 5.73 Å². The highest BCUT2D eigenvalue weighted by Gasteiger charge is 2.37. The van der Waals surface area contributed by atoms with Crippen LogP contribution in [-0.4, -0.2) is 41.1 Å². The number of anilines is 1.